The number of nitrogens with one attached hydrogen (secondary N) is 1. The van der Waals surface area contributed by atoms with Gasteiger partial charge in [0, 0.05) is 12.6 Å². The third-order valence-corrected chi connectivity index (χ3v) is 4.54. The lowest BCUT2D eigenvalue weighted by Crippen LogP contribution is -2.44. The van der Waals surface area contributed by atoms with Gasteiger partial charge in [-0.1, -0.05) is 30.3 Å². The fraction of sp³-hybridized carbons (Fsp3) is 0.400. The van der Waals surface area contributed by atoms with E-state index in [1.807, 2.05) is 37.3 Å². The fourth-order valence-electron chi connectivity index (χ4n) is 3.10. The Balaban J connectivity index is 1.46. The van der Waals surface area contributed by atoms with Crippen molar-refractivity contribution in [2.75, 3.05) is 19.7 Å². The standard InChI is InChI=1S/C20H23N3O2/c1-15(22-13-20(24)23-10-4-7-18(23)12-21)14-25-19-9-8-16-5-2-3-6-17(16)11-19/h2-3,5-6,8-9,11,15,18,22H,4,7,10,13-14H2,1H3/t15?,18-/m0/s1. The van der Waals surface area contributed by atoms with E-state index in [1.54, 1.807) is 4.90 Å². The van der Waals surface area contributed by atoms with E-state index in [-0.39, 0.29) is 24.5 Å². The first-order valence-electron chi connectivity index (χ1n) is 8.71. The number of carbonyl (C=O) groups is 1. The van der Waals surface area contributed by atoms with Gasteiger partial charge in [0.2, 0.25) is 5.91 Å². The lowest BCUT2D eigenvalue weighted by atomic mass is 10.1. The number of fused-ring (bicyclic) bond motifs is 1. The molecule has 1 unspecified atom stereocenters. The van der Waals surface area contributed by atoms with Crippen molar-refractivity contribution in [1.29, 1.82) is 5.26 Å². The van der Waals surface area contributed by atoms with Gasteiger partial charge in [-0.2, -0.15) is 5.26 Å². The summed E-state index contributed by atoms with van der Waals surface area (Å²) in [5, 5.41) is 14.6. The number of amides is 1. The molecule has 0 radical (unpaired) electrons. The van der Waals surface area contributed by atoms with Crippen LogP contribution in [0.5, 0.6) is 5.75 Å². The van der Waals surface area contributed by atoms with Crippen LogP contribution in [0.3, 0.4) is 0 Å². The van der Waals surface area contributed by atoms with E-state index in [0.717, 1.165) is 24.0 Å². The number of ether oxygens (including phenoxy) is 1. The van der Waals surface area contributed by atoms with Crippen molar-refractivity contribution in [1.82, 2.24) is 10.2 Å². The summed E-state index contributed by atoms with van der Waals surface area (Å²) in [7, 11) is 0. The number of nitriles is 1. The maximum atomic E-state index is 12.2. The normalized spacial score (nSPS) is 18.1. The van der Waals surface area contributed by atoms with Gasteiger partial charge in [0.15, 0.2) is 0 Å². The molecule has 5 heteroatoms. The van der Waals surface area contributed by atoms with Crippen molar-refractivity contribution < 1.29 is 9.53 Å². The van der Waals surface area contributed by atoms with Crippen LogP contribution in [0.25, 0.3) is 10.8 Å². The van der Waals surface area contributed by atoms with E-state index >= 15 is 0 Å². The third-order valence-electron chi connectivity index (χ3n) is 4.54. The maximum absolute atomic E-state index is 12.2. The Labute approximate surface area is 148 Å². The highest BCUT2D eigenvalue weighted by Crippen LogP contribution is 2.20. The molecule has 1 aliphatic heterocycles. The van der Waals surface area contributed by atoms with Crippen LogP contribution >= 0.6 is 0 Å². The predicted molar refractivity (Wildman–Crippen MR) is 97.3 cm³/mol. The molecule has 2 atom stereocenters. The Hall–Kier alpha value is -2.58. The van der Waals surface area contributed by atoms with Gasteiger partial charge in [-0.15, -0.1) is 0 Å². The van der Waals surface area contributed by atoms with Gasteiger partial charge >= 0.3 is 0 Å². The number of hydrogen-bond donors (Lipinski definition) is 1. The monoisotopic (exact) mass is 337 g/mol. The zero-order chi connectivity index (χ0) is 17.6. The quantitative estimate of drug-likeness (QED) is 0.880. The number of likely N-dealkylation sites (tertiary alicyclic amines) is 1. The van der Waals surface area contributed by atoms with E-state index in [0.29, 0.717) is 13.2 Å². The van der Waals surface area contributed by atoms with Crippen molar-refractivity contribution >= 4 is 16.7 Å². The van der Waals surface area contributed by atoms with Gasteiger partial charge in [-0.25, -0.2) is 0 Å². The van der Waals surface area contributed by atoms with Gasteiger partial charge < -0.3 is 15.0 Å². The second-order valence-electron chi connectivity index (χ2n) is 6.48. The summed E-state index contributed by atoms with van der Waals surface area (Å²) in [4.78, 5) is 13.9. The molecule has 3 rings (SSSR count). The van der Waals surface area contributed by atoms with Crippen molar-refractivity contribution in [3.8, 4) is 11.8 Å². The van der Waals surface area contributed by atoms with Gasteiger partial charge in [0.1, 0.15) is 18.4 Å². The van der Waals surface area contributed by atoms with Gasteiger partial charge in [-0.3, -0.25) is 4.79 Å². The second-order valence-corrected chi connectivity index (χ2v) is 6.48. The molecule has 1 heterocycles. The summed E-state index contributed by atoms with van der Waals surface area (Å²) in [6, 6.07) is 16.2. The van der Waals surface area contributed by atoms with Gasteiger partial charge in [-0.05, 0) is 42.7 Å². The predicted octanol–water partition coefficient (Wildman–Crippen LogP) is 2.71. The molecule has 25 heavy (non-hydrogen) atoms. The molecular formula is C20H23N3O2. The average molecular weight is 337 g/mol. The highest BCUT2D eigenvalue weighted by Gasteiger charge is 2.28. The molecule has 130 valence electrons. The number of nitrogens with zero attached hydrogens (tertiary/aromatic N) is 2. The molecule has 2 aromatic carbocycles. The number of carbonyl (C=O) groups excluding carboxylic acids is 1. The molecule has 1 amide bonds. The summed E-state index contributed by atoms with van der Waals surface area (Å²) >= 11 is 0. The first-order chi connectivity index (χ1) is 12.2. The van der Waals surface area contributed by atoms with Crippen LogP contribution in [0.15, 0.2) is 42.5 Å². The molecular weight excluding hydrogens is 314 g/mol. The van der Waals surface area contributed by atoms with Crippen molar-refractivity contribution in [3.05, 3.63) is 42.5 Å². The first-order valence-corrected chi connectivity index (χ1v) is 8.71. The van der Waals surface area contributed by atoms with Crippen LogP contribution in [0.2, 0.25) is 0 Å². The van der Waals surface area contributed by atoms with E-state index in [1.165, 1.54) is 5.39 Å². The first kappa shape index (κ1) is 17.2. The minimum Gasteiger partial charge on any atom is -0.492 e. The fourth-order valence-corrected chi connectivity index (χ4v) is 3.10. The molecule has 2 aromatic rings. The van der Waals surface area contributed by atoms with Crippen molar-refractivity contribution in [2.24, 2.45) is 0 Å². The number of rotatable bonds is 6. The van der Waals surface area contributed by atoms with Crippen molar-refractivity contribution in [3.63, 3.8) is 0 Å². The zero-order valence-corrected chi connectivity index (χ0v) is 14.4. The highest BCUT2D eigenvalue weighted by atomic mass is 16.5. The molecule has 0 spiro atoms. The largest absolute Gasteiger partial charge is 0.492 e. The van der Waals surface area contributed by atoms with Gasteiger partial charge in [0.25, 0.3) is 0 Å². The molecule has 5 nitrogen and oxygen atoms in total. The molecule has 1 N–H and O–H groups in total. The smallest absolute Gasteiger partial charge is 0.237 e. The van der Waals surface area contributed by atoms with E-state index < -0.39 is 0 Å². The minimum atomic E-state index is -0.265. The molecule has 0 aromatic heterocycles. The van der Waals surface area contributed by atoms with Gasteiger partial charge in [0.05, 0.1) is 12.6 Å². The molecule has 0 saturated carbocycles. The Morgan fingerprint density at radius 1 is 1.36 bits per heavy atom. The van der Waals surface area contributed by atoms with Crippen LogP contribution in [0, 0.1) is 11.3 Å². The highest BCUT2D eigenvalue weighted by molar-refractivity contribution is 5.83. The van der Waals surface area contributed by atoms with E-state index in [2.05, 4.69) is 23.5 Å². The summed E-state index contributed by atoms with van der Waals surface area (Å²) in [5.74, 6) is 0.810. The zero-order valence-electron chi connectivity index (χ0n) is 14.4. The Bertz CT molecular complexity index is 784. The lowest BCUT2D eigenvalue weighted by molar-refractivity contribution is -0.130. The van der Waals surface area contributed by atoms with Crippen LogP contribution in [0.4, 0.5) is 0 Å². The lowest BCUT2D eigenvalue weighted by Gasteiger charge is -2.21. The molecule has 1 aliphatic rings. The molecule has 0 bridgehead atoms. The van der Waals surface area contributed by atoms with E-state index in [4.69, 9.17) is 10.00 Å². The summed E-state index contributed by atoms with van der Waals surface area (Å²) in [6.45, 7) is 3.38. The summed E-state index contributed by atoms with van der Waals surface area (Å²) in [6.07, 6.45) is 1.69. The van der Waals surface area contributed by atoms with Crippen LogP contribution in [0.1, 0.15) is 19.8 Å². The average Bonchev–Trinajstić information content (AvgIpc) is 3.13. The Morgan fingerprint density at radius 2 is 2.16 bits per heavy atom. The topological polar surface area (TPSA) is 65.4 Å². The second kappa shape index (κ2) is 8.00. The SMILES string of the molecule is CC(COc1ccc2ccccc2c1)NCC(=O)N1CCC[C@H]1C#N. The number of hydrogen-bond acceptors (Lipinski definition) is 4. The third kappa shape index (κ3) is 4.28. The van der Waals surface area contributed by atoms with Crippen molar-refractivity contribution in [2.45, 2.75) is 31.8 Å². The van der Waals surface area contributed by atoms with E-state index in [9.17, 15) is 4.79 Å². The maximum Gasteiger partial charge on any atom is 0.237 e. The van der Waals surface area contributed by atoms with Crippen LogP contribution in [-0.2, 0) is 4.79 Å². The summed E-state index contributed by atoms with van der Waals surface area (Å²) < 4.78 is 5.84. The molecule has 1 fully saturated rings. The number of benzene rings is 2. The Morgan fingerprint density at radius 3 is 2.96 bits per heavy atom. The van der Waals surface area contributed by atoms with Crippen LogP contribution < -0.4 is 10.1 Å². The summed E-state index contributed by atoms with van der Waals surface area (Å²) in [5.41, 5.74) is 0. The minimum absolute atomic E-state index is 0.0124. The Kier molecular flexibility index (Phi) is 5.52. The molecule has 0 aliphatic carbocycles. The van der Waals surface area contributed by atoms with Crippen LogP contribution in [-0.4, -0.2) is 42.6 Å². The molecule has 1 saturated heterocycles.